The average Bonchev–Trinajstić information content (AvgIpc) is 0.696. The molecule has 2 aliphatic heterocycles. The van der Waals surface area contributed by atoms with Crippen LogP contribution in [-0.4, -0.2) is 16.1 Å². The first-order valence-electron chi connectivity index (χ1n) is 45.4. The third kappa shape index (κ3) is 15.1. The van der Waals surface area contributed by atoms with Crippen LogP contribution in [0.4, 0.5) is 68.2 Å². The van der Waals surface area contributed by atoms with E-state index < -0.39 is 16.1 Å². The lowest BCUT2D eigenvalue weighted by Gasteiger charge is -2.45. The van der Waals surface area contributed by atoms with E-state index >= 15 is 0 Å². The Balaban J connectivity index is 0.000000155. The van der Waals surface area contributed by atoms with E-state index in [9.17, 15) is 0 Å². The first kappa shape index (κ1) is 81.0. The second-order valence-electron chi connectivity index (χ2n) is 33.7. The van der Waals surface area contributed by atoms with E-state index in [1.165, 1.54) is 142 Å². The van der Waals surface area contributed by atoms with Gasteiger partial charge in [-0.15, -0.1) is 0 Å². The lowest BCUT2D eigenvalue weighted by molar-refractivity contribution is 1.28. The zero-order valence-corrected chi connectivity index (χ0v) is 74.9. The second kappa shape index (κ2) is 36.2. The molecule has 2 heterocycles. The number of fused-ring (bicyclic) bond motifs is 4. The molecule has 132 heavy (non-hydrogen) atoms. The summed E-state index contributed by atoms with van der Waals surface area (Å²) in [5.41, 5.74) is 30.4. The van der Waals surface area contributed by atoms with Crippen LogP contribution >= 0.6 is 0 Å². The van der Waals surface area contributed by atoms with Crippen molar-refractivity contribution in [3.05, 3.63) is 558 Å². The molecule has 21 aromatic rings. The SMILES string of the molecule is c1ccc(-c2ccc(-c3ccc(N(c4ccc(-c5ccc6c(c5)[Si](c5ccccc5)(c5ccccc5)c5ccccc5N6c5ccccc5)cc4)c4ccccc4-c4ccccc4)cc3)cc2)cc1.c1ccc(-c2ccc(N(c3ccc(-c4ccc5c(c4)[Si](c4ccccc4)(c4ccccc4)c4ccccc4N5c4ccccc4)cc3)c3ccccc3-c3ccccc3)cc2)cc1. The molecule has 0 fully saturated rings. The number of para-hydroxylation sites is 6. The molecule has 0 amide bonds. The van der Waals surface area contributed by atoms with E-state index in [4.69, 9.17) is 0 Å². The molecular formula is C126H92N4Si2. The third-order valence-electron chi connectivity index (χ3n) is 26.3. The molecule has 0 radical (unpaired) electrons. The Bertz CT molecular complexity index is 7480. The quantitative estimate of drug-likeness (QED) is 0.0748. The normalized spacial score (nSPS) is 12.5. The maximum atomic E-state index is 2.51. The molecule has 4 nitrogen and oxygen atoms in total. The van der Waals surface area contributed by atoms with Crippen molar-refractivity contribution in [1.29, 1.82) is 0 Å². The molecule has 21 aromatic carbocycles. The predicted octanol–water partition coefficient (Wildman–Crippen LogP) is 28.3. The third-order valence-corrected chi connectivity index (χ3v) is 36.0. The van der Waals surface area contributed by atoms with Gasteiger partial charge < -0.3 is 19.6 Å². The van der Waals surface area contributed by atoms with Crippen molar-refractivity contribution in [1.82, 2.24) is 0 Å². The maximum absolute atomic E-state index is 2.87. The summed E-state index contributed by atoms with van der Waals surface area (Å²) < 4.78 is 0. The highest BCUT2D eigenvalue weighted by Crippen LogP contribution is 2.48. The summed E-state index contributed by atoms with van der Waals surface area (Å²) in [5.74, 6) is 0. The van der Waals surface area contributed by atoms with Crippen molar-refractivity contribution in [2.24, 2.45) is 0 Å². The van der Waals surface area contributed by atoms with Gasteiger partial charge in [-0.2, -0.15) is 0 Å². The minimum Gasteiger partial charge on any atom is -0.311 e. The largest absolute Gasteiger partial charge is 0.311 e. The van der Waals surface area contributed by atoms with Crippen LogP contribution < -0.4 is 61.1 Å². The lowest BCUT2D eigenvalue weighted by Crippen LogP contribution is -2.77. The van der Waals surface area contributed by atoms with Gasteiger partial charge in [-0.25, -0.2) is 0 Å². The van der Waals surface area contributed by atoms with Gasteiger partial charge in [0, 0.05) is 68.0 Å². The summed E-state index contributed by atoms with van der Waals surface area (Å²) in [6, 6.07) is 205. The highest BCUT2D eigenvalue weighted by Gasteiger charge is 2.51. The Morgan fingerprint density at radius 3 is 0.644 bits per heavy atom. The minimum atomic E-state index is -2.87. The minimum absolute atomic E-state index is 1.08. The summed E-state index contributed by atoms with van der Waals surface area (Å²) >= 11 is 0. The predicted molar refractivity (Wildman–Crippen MR) is 564 cm³/mol. The van der Waals surface area contributed by atoms with E-state index in [1.807, 2.05) is 0 Å². The van der Waals surface area contributed by atoms with Crippen LogP contribution in [0.5, 0.6) is 0 Å². The zero-order valence-electron chi connectivity index (χ0n) is 72.9. The molecule has 2 aliphatic rings. The molecule has 23 rings (SSSR count). The number of nitrogens with zero attached hydrogens (tertiary/aromatic N) is 4. The van der Waals surface area contributed by atoms with E-state index in [0.29, 0.717) is 0 Å². The number of anilines is 12. The van der Waals surface area contributed by atoms with Gasteiger partial charge in [-0.3, -0.25) is 0 Å². The van der Waals surface area contributed by atoms with Crippen LogP contribution in [0.15, 0.2) is 558 Å². The van der Waals surface area contributed by atoms with Gasteiger partial charge in [-0.1, -0.05) is 449 Å². The van der Waals surface area contributed by atoms with Gasteiger partial charge in [0.1, 0.15) is 0 Å². The van der Waals surface area contributed by atoms with E-state index in [-0.39, 0.29) is 0 Å². The zero-order chi connectivity index (χ0) is 88.0. The van der Waals surface area contributed by atoms with Gasteiger partial charge in [0.2, 0.25) is 0 Å². The molecule has 0 N–H and O–H groups in total. The molecule has 0 saturated heterocycles. The molecule has 6 heteroatoms. The molecule has 0 saturated carbocycles. The van der Waals surface area contributed by atoms with Crippen molar-refractivity contribution >= 4 is 126 Å². The van der Waals surface area contributed by atoms with Crippen LogP contribution in [0.2, 0.25) is 0 Å². The second-order valence-corrected chi connectivity index (χ2v) is 41.2. The van der Waals surface area contributed by atoms with Crippen molar-refractivity contribution in [3.63, 3.8) is 0 Å². The summed E-state index contributed by atoms with van der Waals surface area (Å²) in [7, 11) is -5.72. The van der Waals surface area contributed by atoms with Gasteiger partial charge in [-0.05, 0) is 217 Å². The Labute approximate surface area is 775 Å². The Morgan fingerprint density at radius 2 is 0.348 bits per heavy atom. The highest BCUT2D eigenvalue weighted by molar-refractivity contribution is 7.22. The molecule has 0 spiro atoms. The Hall–Kier alpha value is -16.7. The number of hydrogen-bond acceptors (Lipinski definition) is 4. The first-order valence-corrected chi connectivity index (χ1v) is 49.4. The smallest absolute Gasteiger partial charge is 0.184 e. The van der Waals surface area contributed by atoms with E-state index in [2.05, 4.69) is 578 Å². The highest BCUT2D eigenvalue weighted by atomic mass is 28.3. The average molecular weight is 1720 g/mol. The van der Waals surface area contributed by atoms with Gasteiger partial charge in [0.25, 0.3) is 0 Å². The topological polar surface area (TPSA) is 13.0 Å². The van der Waals surface area contributed by atoms with Crippen LogP contribution in [0.1, 0.15) is 0 Å². The first-order chi connectivity index (χ1) is 65.5. The molecule has 0 aliphatic carbocycles. The Kier molecular flexibility index (Phi) is 22.2. The van der Waals surface area contributed by atoms with Crippen molar-refractivity contribution in [3.8, 4) is 77.9 Å². The summed E-state index contributed by atoms with van der Waals surface area (Å²) in [4.78, 5) is 9.74. The summed E-state index contributed by atoms with van der Waals surface area (Å²) in [6.07, 6.45) is 0. The monoisotopic (exact) mass is 1720 g/mol. The van der Waals surface area contributed by atoms with Crippen molar-refractivity contribution < 1.29 is 0 Å². The maximum Gasteiger partial charge on any atom is 0.184 e. The van der Waals surface area contributed by atoms with Gasteiger partial charge in [0.05, 0.1) is 11.4 Å². The number of rotatable bonds is 19. The standard InChI is InChI=1S/C66H48N2Si.C60H44N2Si/c1-6-20-49(21-7-1)50-34-36-51(37-35-50)52-38-43-57(44-39-52)67(62-31-17-16-30-61(62)54-22-8-2-9-23-54)58-45-40-53(41-46-58)55-42-47-64-66(48-55)69(59-26-12-4-13-27-59,60-28-14-5-15-29-60)65-33-19-18-32-63(65)68(64)56-24-10-3-11-25-56;1-6-20-45(21-7-1)46-34-39-51(40-35-46)61(56-31-17-16-30-55(56)48-22-8-2-9-23-48)52-41-36-47(37-42-52)49-38-43-58-60(44-49)63(53-26-12-4-13-27-53,54-28-14-5-15-29-54)59-33-19-18-32-57(59)62(58)50-24-10-3-11-25-50/h1-48H;1-44H. The van der Waals surface area contributed by atoms with Crippen LogP contribution in [0.25, 0.3) is 77.9 Å². The fourth-order valence-corrected chi connectivity index (χ4v) is 30.5. The Morgan fingerprint density at radius 1 is 0.144 bits per heavy atom. The number of benzene rings is 21. The lowest BCUT2D eigenvalue weighted by atomic mass is 9.99. The fourth-order valence-electron chi connectivity index (χ4n) is 20.2. The summed E-state index contributed by atoms with van der Waals surface area (Å²) in [6.45, 7) is 0. The van der Waals surface area contributed by atoms with Gasteiger partial charge >= 0.3 is 0 Å². The van der Waals surface area contributed by atoms with E-state index in [1.54, 1.807) is 0 Å². The molecule has 624 valence electrons. The van der Waals surface area contributed by atoms with Crippen LogP contribution in [-0.2, 0) is 0 Å². The molecule has 0 aromatic heterocycles. The van der Waals surface area contributed by atoms with Crippen LogP contribution in [0, 0.1) is 0 Å². The fraction of sp³-hybridized carbons (Fsp3) is 0. The molecule has 0 bridgehead atoms. The van der Waals surface area contributed by atoms with Crippen molar-refractivity contribution in [2.45, 2.75) is 0 Å². The van der Waals surface area contributed by atoms with Gasteiger partial charge in [0.15, 0.2) is 16.1 Å². The van der Waals surface area contributed by atoms with Crippen LogP contribution in [0.3, 0.4) is 0 Å². The molecule has 0 unspecified atom stereocenters. The molecule has 0 atom stereocenters. The summed E-state index contributed by atoms with van der Waals surface area (Å²) in [5, 5.41) is 11.0. The molecular weight excluding hydrogens is 1630 g/mol. The van der Waals surface area contributed by atoms with E-state index in [0.717, 1.165) is 45.5 Å². The van der Waals surface area contributed by atoms with Crippen molar-refractivity contribution in [2.75, 3.05) is 19.6 Å². The number of hydrogen-bond donors (Lipinski definition) is 0.